The average Bonchev–Trinajstić information content (AvgIpc) is 1.92. The van der Waals surface area contributed by atoms with Gasteiger partial charge in [0.2, 0.25) is 15.9 Å². The summed E-state index contributed by atoms with van der Waals surface area (Å²) in [6.45, 7) is 1.79. The van der Waals surface area contributed by atoms with Crippen molar-refractivity contribution in [2.75, 3.05) is 25.4 Å². The predicted octanol–water partition coefficient (Wildman–Crippen LogP) is -2.00. The molecule has 0 radical (unpaired) electrons. The second-order valence-electron chi connectivity index (χ2n) is 3.37. The fourth-order valence-electron chi connectivity index (χ4n) is 1.10. The molecule has 1 aliphatic heterocycles. The van der Waals surface area contributed by atoms with E-state index >= 15 is 0 Å². The highest BCUT2D eigenvalue weighted by Gasteiger charge is 2.24. The van der Waals surface area contributed by atoms with Gasteiger partial charge >= 0.3 is 0 Å². The molecule has 1 fully saturated rings. The largest absolute Gasteiger partial charge is 0.356 e. The second-order valence-corrected chi connectivity index (χ2v) is 5.10. The molecule has 0 unspecified atom stereocenters. The van der Waals surface area contributed by atoms with Crippen LogP contribution < -0.4 is 15.8 Å². The van der Waals surface area contributed by atoms with Gasteiger partial charge in [0.25, 0.3) is 0 Å². The molecule has 14 heavy (non-hydrogen) atoms. The Morgan fingerprint density at radius 1 is 1.50 bits per heavy atom. The lowest BCUT2D eigenvalue weighted by atomic mass is 10.0. The van der Waals surface area contributed by atoms with Crippen LogP contribution in [-0.4, -0.2) is 39.7 Å². The molecule has 1 rings (SSSR count). The lowest BCUT2D eigenvalue weighted by Gasteiger charge is -2.25. The molecular weight excluding hydrogens is 206 g/mol. The summed E-state index contributed by atoms with van der Waals surface area (Å²) in [5.41, 5.74) is 0. The Labute approximate surface area is 83.3 Å². The maximum atomic E-state index is 11.2. The molecule has 6 nitrogen and oxygen atoms in total. The van der Waals surface area contributed by atoms with Crippen LogP contribution in [0.1, 0.15) is 6.42 Å². The van der Waals surface area contributed by atoms with Crippen molar-refractivity contribution >= 4 is 15.9 Å². The smallest absolute Gasteiger partial charge is 0.225 e. The van der Waals surface area contributed by atoms with Gasteiger partial charge in [-0.2, -0.15) is 0 Å². The van der Waals surface area contributed by atoms with Crippen LogP contribution in [0, 0.1) is 5.92 Å². The minimum absolute atomic E-state index is 0.0156. The maximum absolute atomic E-state index is 11.2. The summed E-state index contributed by atoms with van der Waals surface area (Å²) < 4.78 is 21.1. The molecule has 0 atom stereocenters. The van der Waals surface area contributed by atoms with Gasteiger partial charge in [0.1, 0.15) is 0 Å². The molecular formula is C7H15N3O3S. The van der Waals surface area contributed by atoms with E-state index in [9.17, 15) is 13.2 Å². The number of carbonyl (C=O) groups excluding carboxylic acids is 1. The topological polar surface area (TPSA) is 101 Å². The van der Waals surface area contributed by atoms with Gasteiger partial charge in [-0.05, 0) is 6.42 Å². The standard InChI is InChI=1S/C7H15N3O3S/c8-14(12,13)3-1-2-10-7(11)6-4-9-5-6/h6,9H,1-5H2,(H,10,11)(H2,8,12,13). The minimum atomic E-state index is -3.40. The van der Waals surface area contributed by atoms with Crippen molar-refractivity contribution in [3.63, 3.8) is 0 Å². The zero-order valence-electron chi connectivity index (χ0n) is 7.82. The first-order valence-electron chi connectivity index (χ1n) is 4.48. The van der Waals surface area contributed by atoms with Crippen LogP contribution in [0.5, 0.6) is 0 Å². The first-order chi connectivity index (χ1) is 6.49. The molecule has 4 N–H and O–H groups in total. The molecule has 0 saturated carbocycles. The highest BCUT2D eigenvalue weighted by Crippen LogP contribution is 2.01. The third kappa shape index (κ3) is 4.03. The van der Waals surface area contributed by atoms with Gasteiger partial charge < -0.3 is 10.6 Å². The fraction of sp³-hybridized carbons (Fsp3) is 0.857. The summed E-state index contributed by atoms with van der Waals surface area (Å²) in [5.74, 6) is -0.0569. The Morgan fingerprint density at radius 3 is 2.57 bits per heavy atom. The van der Waals surface area contributed by atoms with Crippen LogP contribution in [0.2, 0.25) is 0 Å². The number of rotatable bonds is 5. The summed E-state index contributed by atoms with van der Waals surface area (Å²) in [6.07, 6.45) is 0.366. The van der Waals surface area contributed by atoms with Crippen LogP contribution in [0.15, 0.2) is 0 Å². The van der Waals surface area contributed by atoms with E-state index in [1.54, 1.807) is 0 Å². The normalized spacial score (nSPS) is 17.5. The summed E-state index contributed by atoms with van der Waals surface area (Å²) in [6, 6.07) is 0. The number of nitrogens with two attached hydrogens (primary N) is 1. The molecule has 7 heteroatoms. The molecule has 0 bridgehead atoms. The fourth-order valence-corrected chi connectivity index (χ4v) is 1.65. The Kier molecular flexibility index (Phi) is 3.85. The number of hydrogen-bond donors (Lipinski definition) is 3. The van der Waals surface area contributed by atoms with E-state index < -0.39 is 10.0 Å². The third-order valence-corrected chi connectivity index (χ3v) is 2.91. The van der Waals surface area contributed by atoms with E-state index in [-0.39, 0.29) is 17.6 Å². The van der Waals surface area contributed by atoms with Gasteiger partial charge in [0.15, 0.2) is 0 Å². The summed E-state index contributed by atoms with van der Waals surface area (Å²) >= 11 is 0. The van der Waals surface area contributed by atoms with Crippen molar-refractivity contribution in [1.29, 1.82) is 0 Å². The van der Waals surface area contributed by atoms with Crippen molar-refractivity contribution in [2.24, 2.45) is 11.1 Å². The number of primary sulfonamides is 1. The van der Waals surface area contributed by atoms with Gasteiger partial charge in [0, 0.05) is 19.6 Å². The zero-order valence-corrected chi connectivity index (χ0v) is 8.64. The lowest BCUT2D eigenvalue weighted by Crippen LogP contribution is -2.51. The van der Waals surface area contributed by atoms with Crippen LogP contribution in [0.25, 0.3) is 0 Å². The van der Waals surface area contributed by atoms with Gasteiger partial charge in [-0.15, -0.1) is 0 Å². The zero-order chi connectivity index (χ0) is 10.6. The van der Waals surface area contributed by atoms with E-state index in [1.807, 2.05) is 0 Å². The van der Waals surface area contributed by atoms with Crippen molar-refractivity contribution in [1.82, 2.24) is 10.6 Å². The molecule has 0 aliphatic carbocycles. The van der Waals surface area contributed by atoms with E-state index in [1.165, 1.54) is 0 Å². The molecule has 0 aromatic rings. The Balaban J connectivity index is 2.06. The van der Waals surface area contributed by atoms with E-state index in [2.05, 4.69) is 10.6 Å². The van der Waals surface area contributed by atoms with E-state index in [0.717, 1.165) is 0 Å². The SMILES string of the molecule is NS(=O)(=O)CCCNC(=O)C1CNC1. The van der Waals surface area contributed by atoms with Gasteiger partial charge in [-0.25, -0.2) is 13.6 Å². The lowest BCUT2D eigenvalue weighted by molar-refractivity contribution is -0.126. The number of nitrogens with one attached hydrogen (secondary N) is 2. The molecule has 0 spiro atoms. The highest BCUT2D eigenvalue weighted by atomic mass is 32.2. The molecule has 0 aromatic carbocycles. The Hall–Kier alpha value is -0.660. The third-order valence-electron chi connectivity index (χ3n) is 2.06. The number of amides is 1. The quantitative estimate of drug-likeness (QED) is 0.467. The molecule has 1 saturated heterocycles. The van der Waals surface area contributed by atoms with E-state index in [0.29, 0.717) is 26.1 Å². The highest BCUT2D eigenvalue weighted by molar-refractivity contribution is 7.89. The average molecular weight is 221 g/mol. The maximum Gasteiger partial charge on any atom is 0.225 e. The van der Waals surface area contributed by atoms with Crippen molar-refractivity contribution in [2.45, 2.75) is 6.42 Å². The van der Waals surface area contributed by atoms with Crippen LogP contribution in [-0.2, 0) is 14.8 Å². The monoisotopic (exact) mass is 221 g/mol. The van der Waals surface area contributed by atoms with Crippen molar-refractivity contribution in [3.8, 4) is 0 Å². The van der Waals surface area contributed by atoms with Gasteiger partial charge in [-0.3, -0.25) is 4.79 Å². The number of sulfonamides is 1. The number of carbonyl (C=O) groups is 1. The van der Waals surface area contributed by atoms with Crippen LogP contribution in [0.4, 0.5) is 0 Å². The Bertz CT molecular complexity index is 297. The minimum Gasteiger partial charge on any atom is -0.356 e. The second kappa shape index (κ2) is 4.72. The molecule has 1 aliphatic rings. The molecule has 1 heterocycles. The van der Waals surface area contributed by atoms with Crippen molar-refractivity contribution in [3.05, 3.63) is 0 Å². The van der Waals surface area contributed by atoms with Crippen LogP contribution in [0.3, 0.4) is 0 Å². The first kappa shape index (κ1) is 11.4. The number of hydrogen-bond acceptors (Lipinski definition) is 4. The summed E-state index contributed by atoms with van der Waals surface area (Å²) in [7, 11) is -3.40. The van der Waals surface area contributed by atoms with E-state index in [4.69, 9.17) is 5.14 Å². The first-order valence-corrected chi connectivity index (χ1v) is 6.19. The molecule has 1 amide bonds. The van der Waals surface area contributed by atoms with Crippen LogP contribution >= 0.6 is 0 Å². The van der Waals surface area contributed by atoms with Gasteiger partial charge in [0.05, 0.1) is 11.7 Å². The molecule has 82 valence electrons. The summed E-state index contributed by atoms with van der Waals surface area (Å²) in [5, 5.41) is 10.4. The van der Waals surface area contributed by atoms with Gasteiger partial charge in [-0.1, -0.05) is 0 Å². The molecule has 0 aromatic heterocycles. The summed E-state index contributed by atoms with van der Waals surface area (Å²) in [4.78, 5) is 11.2. The predicted molar refractivity (Wildman–Crippen MR) is 52.0 cm³/mol. The Morgan fingerprint density at radius 2 is 2.14 bits per heavy atom. The van der Waals surface area contributed by atoms with Crippen molar-refractivity contribution < 1.29 is 13.2 Å².